The van der Waals surface area contributed by atoms with Gasteiger partial charge in [-0.05, 0) is 42.5 Å². The molecule has 0 spiro atoms. The lowest BCUT2D eigenvalue weighted by atomic mass is 9.97. The smallest absolute Gasteiger partial charge is 0.324 e. The number of halogens is 1. The van der Waals surface area contributed by atoms with Gasteiger partial charge in [0, 0.05) is 16.6 Å². The highest BCUT2D eigenvalue weighted by Crippen LogP contribution is 2.31. The normalized spacial score (nSPS) is 11.3. The number of methoxy groups -OCH3 is 2. The molecule has 0 unspecified atom stereocenters. The number of unbranched alkanes of at least 4 members (excludes halogenated alkanes) is 1. The summed E-state index contributed by atoms with van der Waals surface area (Å²) in [6.45, 7) is 2.08. The first kappa shape index (κ1) is 18.8. The molecule has 7 heteroatoms. The zero-order chi connectivity index (χ0) is 19.6. The summed E-state index contributed by atoms with van der Waals surface area (Å²) < 4.78 is 25.1. The van der Waals surface area contributed by atoms with Gasteiger partial charge in [-0.1, -0.05) is 13.3 Å². The molecular weight excluding hydrogens is 351 g/mol. The third-order valence-corrected chi connectivity index (χ3v) is 4.63. The molecule has 0 fully saturated rings. The summed E-state index contributed by atoms with van der Waals surface area (Å²) in [6.07, 6.45) is 4.14. The van der Waals surface area contributed by atoms with Gasteiger partial charge in [0.25, 0.3) is 0 Å². The van der Waals surface area contributed by atoms with E-state index in [0.29, 0.717) is 21.9 Å². The van der Waals surface area contributed by atoms with E-state index in [2.05, 4.69) is 12.0 Å². The lowest BCUT2D eigenvalue weighted by molar-refractivity contribution is -0.154. The number of nitrogens with zero attached hydrogens (tertiary/aromatic N) is 2. The van der Waals surface area contributed by atoms with Crippen molar-refractivity contribution >= 4 is 28.2 Å². The third kappa shape index (κ3) is 3.37. The SMILES string of the molecule is CCCCc1cc2cc(F)ccc2c2c(C(C(=O)OC)C(=O)OC)cnn12. The number of benzene rings is 1. The fourth-order valence-electron chi connectivity index (χ4n) is 3.29. The van der Waals surface area contributed by atoms with E-state index < -0.39 is 17.9 Å². The molecule has 0 aliphatic carbocycles. The van der Waals surface area contributed by atoms with Crippen LogP contribution in [0.5, 0.6) is 0 Å². The molecule has 0 aliphatic rings. The van der Waals surface area contributed by atoms with Gasteiger partial charge in [0.05, 0.1) is 25.9 Å². The molecule has 0 N–H and O–H groups in total. The number of aryl methyl sites for hydroxylation is 1. The monoisotopic (exact) mass is 372 g/mol. The van der Waals surface area contributed by atoms with E-state index in [1.807, 2.05) is 6.07 Å². The van der Waals surface area contributed by atoms with E-state index in [1.165, 1.54) is 32.5 Å². The number of carbonyl (C=O) groups is 2. The second kappa shape index (κ2) is 7.73. The van der Waals surface area contributed by atoms with Crippen molar-refractivity contribution in [2.75, 3.05) is 14.2 Å². The summed E-state index contributed by atoms with van der Waals surface area (Å²) in [5.74, 6) is -3.07. The van der Waals surface area contributed by atoms with Crippen LogP contribution in [0.3, 0.4) is 0 Å². The van der Waals surface area contributed by atoms with Crippen LogP contribution in [-0.2, 0) is 25.5 Å². The van der Waals surface area contributed by atoms with E-state index in [1.54, 1.807) is 10.6 Å². The van der Waals surface area contributed by atoms with Crippen molar-refractivity contribution in [3.63, 3.8) is 0 Å². The van der Waals surface area contributed by atoms with Crippen molar-refractivity contribution in [3.05, 3.63) is 47.5 Å². The van der Waals surface area contributed by atoms with Crippen molar-refractivity contribution in [3.8, 4) is 0 Å². The van der Waals surface area contributed by atoms with Crippen LogP contribution in [0.2, 0.25) is 0 Å². The zero-order valence-electron chi connectivity index (χ0n) is 15.5. The fraction of sp³-hybridized carbons (Fsp3) is 0.350. The first-order valence-corrected chi connectivity index (χ1v) is 8.76. The summed E-state index contributed by atoms with van der Waals surface area (Å²) in [4.78, 5) is 24.6. The van der Waals surface area contributed by atoms with Crippen molar-refractivity contribution in [2.45, 2.75) is 32.1 Å². The molecule has 0 saturated carbocycles. The third-order valence-electron chi connectivity index (χ3n) is 4.63. The Kier molecular flexibility index (Phi) is 5.39. The molecule has 0 saturated heterocycles. The Balaban J connectivity index is 2.34. The Bertz CT molecular complexity index is 996. The first-order chi connectivity index (χ1) is 13.0. The Labute approximate surface area is 155 Å². The average Bonchev–Trinajstić information content (AvgIpc) is 3.10. The maximum atomic E-state index is 13.8. The molecule has 0 bridgehead atoms. The number of ether oxygens (including phenoxy) is 2. The highest BCUT2D eigenvalue weighted by molar-refractivity contribution is 6.06. The highest BCUT2D eigenvalue weighted by atomic mass is 19.1. The van der Waals surface area contributed by atoms with E-state index in [-0.39, 0.29) is 5.82 Å². The molecule has 142 valence electrons. The number of rotatable bonds is 6. The van der Waals surface area contributed by atoms with Crippen molar-refractivity contribution < 1.29 is 23.5 Å². The van der Waals surface area contributed by atoms with Gasteiger partial charge in [0.15, 0.2) is 5.92 Å². The molecule has 27 heavy (non-hydrogen) atoms. The maximum Gasteiger partial charge on any atom is 0.324 e. The molecule has 0 aliphatic heterocycles. The van der Waals surface area contributed by atoms with Crippen LogP contribution >= 0.6 is 0 Å². The zero-order valence-corrected chi connectivity index (χ0v) is 15.5. The first-order valence-electron chi connectivity index (χ1n) is 8.76. The molecule has 0 radical (unpaired) electrons. The van der Waals surface area contributed by atoms with E-state index in [4.69, 9.17) is 9.47 Å². The number of carbonyl (C=O) groups excluding carboxylic acids is 2. The molecule has 2 heterocycles. The van der Waals surface area contributed by atoms with Crippen LogP contribution < -0.4 is 0 Å². The summed E-state index contributed by atoms with van der Waals surface area (Å²) in [6, 6.07) is 6.30. The minimum absolute atomic E-state index is 0.355. The van der Waals surface area contributed by atoms with Crippen molar-refractivity contribution in [2.24, 2.45) is 0 Å². The minimum atomic E-state index is -1.26. The summed E-state index contributed by atoms with van der Waals surface area (Å²) in [7, 11) is 2.42. The van der Waals surface area contributed by atoms with Gasteiger partial charge in [0.2, 0.25) is 0 Å². The van der Waals surface area contributed by atoms with Crippen LogP contribution in [0.25, 0.3) is 16.3 Å². The summed E-state index contributed by atoms with van der Waals surface area (Å²) >= 11 is 0. The van der Waals surface area contributed by atoms with Gasteiger partial charge in [0.1, 0.15) is 5.82 Å². The van der Waals surface area contributed by atoms with E-state index in [0.717, 1.165) is 25.0 Å². The molecule has 1 aromatic carbocycles. The lowest BCUT2D eigenvalue weighted by Gasteiger charge is -2.14. The molecule has 2 aromatic heterocycles. The van der Waals surface area contributed by atoms with Gasteiger partial charge < -0.3 is 9.47 Å². The fourth-order valence-corrected chi connectivity index (χ4v) is 3.29. The number of esters is 2. The summed E-state index contributed by atoms with van der Waals surface area (Å²) in [5, 5.41) is 5.79. The van der Waals surface area contributed by atoms with Crippen LogP contribution in [0, 0.1) is 5.82 Å². The minimum Gasteiger partial charge on any atom is -0.468 e. The quantitative estimate of drug-likeness (QED) is 0.490. The summed E-state index contributed by atoms with van der Waals surface area (Å²) in [5.41, 5.74) is 1.84. The predicted octanol–water partition coefficient (Wildman–Crippen LogP) is 3.40. The van der Waals surface area contributed by atoms with Crippen LogP contribution in [0.4, 0.5) is 4.39 Å². The van der Waals surface area contributed by atoms with Crippen molar-refractivity contribution in [1.29, 1.82) is 0 Å². The Morgan fingerprint density at radius 2 is 1.89 bits per heavy atom. The van der Waals surface area contributed by atoms with Crippen LogP contribution in [-0.4, -0.2) is 35.8 Å². The second-order valence-corrected chi connectivity index (χ2v) is 6.31. The lowest BCUT2D eigenvalue weighted by Crippen LogP contribution is -2.24. The molecule has 0 amide bonds. The van der Waals surface area contributed by atoms with Crippen LogP contribution in [0.1, 0.15) is 36.9 Å². The number of hydrogen-bond acceptors (Lipinski definition) is 5. The standard InChI is InChI=1S/C20H21FN2O4/c1-4-5-6-14-10-12-9-13(21)7-8-15(12)18-16(11-22-23(14)18)17(19(24)26-2)20(25)27-3/h7-11,17H,4-6H2,1-3H3. The number of fused-ring (bicyclic) bond motifs is 3. The molecule has 3 rings (SSSR count). The van der Waals surface area contributed by atoms with Gasteiger partial charge in [-0.25, -0.2) is 8.91 Å². The van der Waals surface area contributed by atoms with Gasteiger partial charge in [-0.2, -0.15) is 5.10 Å². The molecule has 3 aromatic rings. The predicted molar refractivity (Wildman–Crippen MR) is 98.0 cm³/mol. The average molecular weight is 372 g/mol. The molecule has 0 atom stereocenters. The number of hydrogen-bond donors (Lipinski definition) is 0. The second-order valence-electron chi connectivity index (χ2n) is 6.31. The topological polar surface area (TPSA) is 69.9 Å². The molecule has 6 nitrogen and oxygen atoms in total. The highest BCUT2D eigenvalue weighted by Gasteiger charge is 2.34. The Morgan fingerprint density at radius 3 is 2.52 bits per heavy atom. The number of pyridine rings is 1. The Hall–Kier alpha value is -2.96. The van der Waals surface area contributed by atoms with Gasteiger partial charge in [-0.15, -0.1) is 0 Å². The van der Waals surface area contributed by atoms with E-state index >= 15 is 0 Å². The number of aromatic nitrogens is 2. The van der Waals surface area contributed by atoms with Crippen molar-refractivity contribution in [1.82, 2.24) is 9.61 Å². The van der Waals surface area contributed by atoms with E-state index in [9.17, 15) is 14.0 Å². The maximum absolute atomic E-state index is 13.8. The largest absolute Gasteiger partial charge is 0.468 e. The van der Waals surface area contributed by atoms with Crippen LogP contribution in [0.15, 0.2) is 30.5 Å². The van der Waals surface area contributed by atoms with Gasteiger partial charge in [-0.3, -0.25) is 9.59 Å². The molecular formula is C20H21FN2O4. The Morgan fingerprint density at radius 1 is 1.19 bits per heavy atom. The van der Waals surface area contributed by atoms with Gasteiger partial charge >= 0.3 is 11.9 Å².